The quantitative estimate of drug-likeness (QED) is 0.847. The molecule has 1 aliphatic rings. The molecule has 19 heavy (non-hydrogen) atoms. The largest absolute Gasteiger partial charge is 0.381 e. The van der Waals surface area contributed by atoms with Gasteiger partial charge in [0.25, 0.3) is 0 Å². The van der Waals surface area contributed by atoms with E-state index in [1.807, 2.05) is 0 Å². The Morgan fingerprint density at radius 1 is 1.32 bits per heavy atom. The van der Waals surface area contributed by atoms with Crippen LogP contribution in [-0.4, -0.2) is 39.5 Å². The van der Waals surface area contributed by atoms with Crippen molar-refractivity contribution in [1.29, 1.82) is 0 Å². The minimum absolute atomic E-state index is 0.123. The van der Waals surface area contributed by atoms with Gasteiger partial charge in [-0.2, -0.15) is 0 Å². The van der Waals surface area contributed by atoms with Crippen molar-refractivity contribution in [2.75, 3.05) is 26.8 Å². The smallest absolute Gasteiger partial charge is 0.243 e. The van der Waals surface area contributed by atoms with Gasteiger partial charge in [0.05, 0.1) is 11.5 Å². The standard InChI is InChI=1S/C12H15F2NO3S/c1-15(7-9-2-3-18-8-9)19(16,17)12-5-10(13)4-11(14)6-12/h4-6,9H,2-3,7-8H2,1H3. The van der Waals surface area contributed by atoms with Crippen molar-refractivity contribution in [2.24, 2.45) is 5.92 Å². The summed E-state index contributed by atoms with van der Waals surface area (Å²) in [6.07, 6.45) is 0.789. The maximum Gasteiger partial charge on any atom is 0.243 e. The van der Waals surface area contributed by atoms with Crippen LogP contribution in [0.3, 0.4) is 0 Å². The molecule has 1 fully saturated rings. The van der Waals surface area contributed by atoms with Crippen molar-refractivity contribution in [3.8, 4) is 0 Å². The van der Waals surface area contributed by atoms with E-state index in [1.54, 1.807) is 0 Å². The highest BCUT2D eigenvalue weighted by atomic mass is 32.2. The fraction of sp³-hybridized carbons (Fsp3) is 0.500. The number of nitrogens with zero attached hydrogens (tertiary/aromatic N) is 1. The molecule has 0 saturated carbocycles. The Bertz CT molecular complexity index is 536. The summed E-state index contributed by atoms with van der Waals surface area (Å²) >= 11 is 0. The van der Waals surface area contributed by atoms with Crippen LogP contribution in [0.2, 0.25) is 0 Å². The zero-order valence-corrected chi connectivity index (χ0v) is 11.3. The highest BCUT2D eigenvalue weighted by Crippen LogP contribution is 2.20. The molecule has 1 unspecified atom stereocenters. The summed E-state index contributed by atoms with van der Waals surface area (Å²) in [5.41, 5.74) is 0. The van der Waals surface area contributed by atoms with E-state index < -0.39 is 21.7 Å². The lowest BCUT2D eigenvalue weighted by atomic mass is 10.1. The van der Waals surface area contributed by atoms with Crippen molar-refractivity contribution < 1.29 is 21.9 Å². The molecule has 0 aliphatic carbocycles. The maximum atomic E-state index is 13.1. The molecule has 0 radical (unpaired) electrons. The highest BCUT2D eigenvalue weighted by molar-refractivity contribution is 7.89. The third kappa shape index (κ3) is 3.29. The van der Waals surface area contributed by atoms with Gasteiger partial charge >= 0.3 is 0 Å². The summed E-state index contributed by atoms with van der Waals surface area (Å²) in [6.45, 7) is 1.41. The van der Waals surface area contributed by atoms with Crippen LogP contribution in [0.15, 0.2) is 23.1 Å². The number of halogens is 2. The molecule has 1 aromatic carbocycles. The van der Waals surface area contributed by atoms with E-state index in [4.69, 9.17) is 4.74 Å². The van der Waals surface area contributed by atoms with Gasteiger partial charge in [-0.05, 0) is 24.5 Å². The monoisotopic (exact) mass is 291 g/mol. The molecular formula is C12H15F2NO3S. The third-order valence-electron chi connectivity index (χ3n) is 3.08. The second kappa shape index (κ2) is 5.52. The van der Waals surface area contributed by atoms with Crippen LogP contribution in [0.1, 0.15) is 6.42 Å². The van der Waals surface area contributed by atoms with Gasteiger partial charge in [-0.15, -0.1) is 0 Å². The summed E-state index contributed by atoms with van der Waals surface area (Å²) in [7, 11) is -2.47. The van der Waals surface area contributed by atoms with Crippen molar-refractivity contribution in [3.05, 3.63) is 29.8 Å². The van der Waals surface area contributed by atoms with Crippen molar-refractivity contribution in [1.82, 2.24) is 4.31 Å². The van der Waals surface area contributed by atoms with E-state index in [9.17, 15) is 17.2 Å². The van der Waals surface area contributed by atoms with Gasteiger partial charge in [0, 0.05) is 26.3 Å². The normalized spacial score (nSPS) is 20.1. The highest BCUT2D eigenvalue weighted by Gasteiger charge is 2.26. The molecule has 1 saturated heterocycles. The fourth-order valence-electron chi connectivity index (χ4n) is 2.05. The number of benzene rings is 1. The second-order valence-electron chi connectivity index (χ2n) is 4.62. The van der Waals surface area contributed by atoms with Crippen LogP contribution in [0.25, 0.3) is 0 Å². The van der Waals surface area contributed by atoms with Gasteiger partial charge in [-0.25, -0.2) is 21.5 Å². The lowest BCUT2D eigenvalue weighted by molar-refractivity contribution is 0.182. The van der Waals surface area contributed by atoms with Crippen molar-refractivity contribution in [2.45, 2.75) is 11.3 Å². The maximum absolute atomic E-state index is 13.1. The molecule has 1 heterocycles. The first-order chi connectivity index (χ1) is 8.89. The molecule has 1 aliphatic heterocycles. The molecule has 0 N–H and O–H groups in total. The topological polar surface area (TPSA) is 46.6 Å². The number of sulfonamides is 1. The lowest BCUT2D eigenvalue weighted by Crippen LogP contribution is -2.32. The Kier molecular flexibility index (Phi) is 4.17. The molecule has 4 nitrogen and oxygen atoms in total. The first-order valence-corrected chi connectivity index (χ1v) is 7.34. The van der Waals surface area contributed by atoms with Crippen LogP contribution < -0.4 is 0 Å². The minimum atomic E-state index is -3.87. The first-order valence-electron chi connectivity index (χ1n) is 5.90. The predicted molar refractivity (Wildman–Crippen MR) is 65.1 cm³/mol. The molecule has 0 bridgehead atoms. The van der Waals surface area contributed by atoms with Gasteiger partial charge in [0.1, 0.15) is 11.6 Å². The molecule has 1 atom stereocenters. The first kappa shape index (κ1) is 14.4. The summed E-state index contributed by atoms with van der Waals surface area (Å²) < 4.78 is 56.8. The summed E-state index contributed by atoms with van der Waals surface area (Å²) in [6, 6.07) is 2.28. The van der Waals surface area contributed by atoms with E-state index in [0.29, 0.717) is 19.3 Å². The Hall–Kier alpha value is -1.05. The van der Waals surface area contributed by atoms with Crippen LogP contribution >= 0.6 is 0 Å². The van der Waals surface area contributed by atoms with Crippen LogP contribution in [-0.2, 0) is 14.8 Å². The molecule has 7 heteroatoms. The Morgan fingerprint density at radius 3 is 2.47 bits per heavy atom. The van der Waals surface area contributed by atoms with Crippen molar-refractivity contribution >= 4 is 10.0 Å². The summed E-state index contributed by atoms with van der Waals surface area (Å²) in [5, 5.41) is 0. The molecule has 1 aromatic rings. The third-order valence-corrected chi connectivity index (χ3v) is 4.88. The Labute approximate surface area is 111 Å². The van der Waals surface area contributed by atoms with E-state index >= 15 is 0 Å². The average Bonchev–Trinajstić information content (AvgIpc) is 2.80. The number of hydrogen-bond donors (Lipinski definition) is 0. The van der Waals surface area contributed by atoms with Gasteiger partial charge in [0.2, 0.25) is 10.0 Å². The minimum Gasteiger partial charge on any atom is -0.381 e. The van der Waals surface area contributed by atoms with Crippen LogP contribution in [0.4, 0.5) is 8.78 Å². The molecule has 0 spiro atoms. The van der Waals surface area contributed by atoms with Gasteiger partial charge in [-0.3, -0.25) is 0 Å². The van der Waals surface area contributed by atoms with Gasteiger partial charge in [-0.1, -0.05) is 0 Å². The van der Waals surface area contributed by atoms with Gasteiger partial charge < -0.3 is 4.74 Å². The number of rotatable bonds is 4. The fourth-order valence-corrected chi connectivity index (χ4v) is 3.34. The van der Waals surface area contributed by atoms with Crippen LogP contribution in [0, 0.1) is 17.6 Å². The molecule has 106 valence electrons. The SMILES string of the molecule is CN(CC1CCOC1)S(=O)(=O)c1cc(F)cc(F)c1. The number of hydrogen-bond acceptors (Lipinski definition) is 3. The number of ether oxygens (including phenoxy) is 1. The van der Waals surface area contributed by atoms with Gasteiger partial charge in [0.15, 0.2) is 0 Å². The molecule has 0 amide bonds. The molecule has 0 aromatic heterocycles. The van der Waals surface area contributed by atoms with Crippen molar-refractivity contribution in [3.63, 3.8) is 0 Å². The zero-order valence-electron chi connectivity index (χ0n) is 10.5. The van der Waals surface area contributed by atoms with Crippen LogP contribution in [0.5, 0.6) is 0 Å². The lowest BCUT2D eigenvalue weighted by Gasteiger charge is -2.20. The molecule has 2 rings (SSSR count). The summed E-state index contributed by atoms with van der Waals surface area (Å²) in [4.78, 5) is -0.369. The summed E-state index contributed by atoms with van der Waals surface area (Å²) in [5.74, 6) is -1.69. The van der Waals surface area contributed by atoms with E-state index in [0.717, 1.165) is 22.9 Å². The van der Waals surface area contributed by atoms with E-state index in [1.165, 1.54) is 7.05 Å². The average molecular weight is 291 g/mol. The van der Waals surface area contributed by atoms with E-state index in [2.05, 4.69) is 0 Å². The Balaban J connectivity index is 2.20. The molecular weight excluding hydrogens is 276 g/mol. The zero-order chi connectivity index (χ0) is 14.0. The Morgan fingerprint density at radius 2 is 1.95 bits per heavy atom. The van der Waals surface area contributed by atoms with E-state index in [-0.39, 0.29) is 17.4 Å². The predicted octanol–water partition coefficient (Wildman–Crippen LogP) is 1.62. The second-order valence-corrected chi connectivity index (χ2v) is 6.67.